The second-order valence-corrected chi connectivity index (χ2v) is 3.16. The highest BCUT2D eigenvalue weighted by Gasteiger charge is 1.92. The Kier molecular flexibility index (Phi) is 5.84. The van der Waals surface area contributed by atoms with Crippen molar-refractivity contribution in [2.45, 2.75) is 5.75 Å². The van der Waals surface area contributed by atoms with Gasteiger partial charge in [0.25, 0.3) is 0 Å². The SMILES string of the molecule is N=C(N)SCc1ccccc1.[Br-].[H+]. The van der Waals surface area contributed by atoms with Gasteiger partial charge in [-0.25, -0.2) is 0 Å². The maximum atomic E-state index is 6.98. The molecule has 0 amide bonds. The number of hydrogen-bond donors (Lipinski definition) is 2. The van der Waals surface area contributed by atoms with E-state index in [9.17, 15) is 0 Å². The summed E-state index contributed by atoms with van der Waals surface area (Å²) in [7, 11) is 0. The van der Waals surface area contributed by atoms with Crippen LogP contribution in [0.4, 0.5) is 0 Å². The van der Waals surface area contributed by atoms with Gasteiger partial charge < -0.3 is 22.7 Å². The molecule has 0 saturated carbocycles. The van der Waals surface area contributed by atoms with Crippen molar-refractivity contribution in [3.05, 3.63) is 35.9 Å². The zero-order valence-electron chi connectivity index (χ0n) is 7.46. The van der Waals surface area contributed by atoms with E-state index in [0.29, 0.717) is 0 Å². The number of thioether (sulfide) groups is 1. The van der Waals surface area contributed by atoms with Gasteiger partial charge in [0.1, 0.15) is 0 Å². The number of nitrogens with two attached hydrogens (primary N) is 1. The first-order chi connectivity index (χ1) is 5.29. The first-order valence-corrected chi connectivity index (χ1v) is 4.28. The van der Waals surface area contributed by atoms with Crippen LogP contribution in [0.25, 0.3) is 0 Å². The first-order valence-electron chi connectivity index (χ1n) is 3.30. The molecule has 0 fully saturated rings. The van der Waals surface area contributed by atoms with Crippen LogP contribution in [0.15, 0.2) is 30.3 Å². The smallest absolute Gasteiger partial charge is 1.00 e. The molecular weight excluding hydrogens is 236 g/mol. The molecule has 0 aliphatic heterocycles. The third kappa shape index (κ3) is 4.41. The van der Waals surface area contributed by atoms with Crippen LogP contribution in [-0.4, -0.2) is 5.17 Å². The fourth-order valence-corrected chi connectivity index (χ4v) is 1.25. The Morgan fingerprint density at radius 2 is 2.00 bits per heavy atom. The van der Waals surface area contributed by atoms with Crippen molar-refractivity contribution in [2.75, 3.05) is 0 Å². The van der Waals surface area contributed by atoms with Crippen molar-refractivity contribution in [1.82, 2.24) is 0 Å². The van der Waals surface area contributed by atoms with Crippen LogP contribution in [0.3, 0.4) is 0 Å². The Morgan fingerprint density at radius 3 is 2.50 bits per heavy atom. The van der Waals surface area contributed by atoms with Gasteiger partial charge in [-0.15, -0.1) is 0 Å². The fourth-order valence-electron chi connectivity index (χ4n) is 0.735. The maximum absolute atomic E-state index is 6.98. The van der Waals surface area contributed by atoms with E-state index in [1.54, 1.807) is 0 Å². The fraction of sp³-hybridized carbons (Fsp3) is 0.125. The molecule has 4 heteroatoms. The molecule has 3 N–H and O–H groups in total. The number of rotatable bonds is 2. The van der Waals surface area contributed by atoms with Gasteiger partial charge in [0, 0.05) is 5.75 Å². The highest BCUT2D eigenvalue weighted by Crippen LogP contribution is 2.09. The predicted octanol–water partition coefficient (Wildman–Crippen LogP) is -1.07. The third-order valence-electron chi connectivity index (χ3n) is 1.24. The average Bonchev–Trinajstić information content (AvgIpc) is 2.03. The molecule has 0 spiro atoms. The second kappa shape index (κ2) is 6.08. The van der Waals surface area contributed by atoms with Crippen molar-refractivity contribution in [2.24, 2.45) is 5.73 Å². The number of nitrogens with one attached hydrogen (secondary N) is 1. The van der Waals surface area contributed by atoms with Crippen molar-refractivity contribution in [3.8, 4) is 0 Å². The van der Waals surface area contributed by atoms with Gasteiger partial charge in [0.2, 0.25) is 0 Å². The second-order valence-electron chi connectivity index (χ2n) is 2.14. The number of hydrogen-bond acceptors (Lipinski definition) is 2. The Morgan fingerprint density at radius 1 is 1.42 bits per heavy atom. The van der Waals surface area contributed by atoms with E-state index >= 15 is 0 Å². The summed E-state index contributed by atoms with van der Waals surface area (Å²) < 4.78 is 0. The average molecular weight is 247 g/mol. The van der Waals surface area contributed by atoms with E-state index in [4.69, 9.17) is 11.1 Å². The molecule has 1 aromatic rings. The normalized spacial score (nSPS) is 8.67. The summed E-state index contributed by atoms with van der Waals surface area (Å²) in [5.74, 6) is 0.788. The summed E-state index contributed by atoms with van der Waals surface area (Å²) in [5.41, 5.74) is 6.39. The van der Waals surface area contributed by atoms with E-state index < -0.39 is 0 Å². The largest absolute Gasteiger partial charge is 1.00 e. The minimum atomic E-state index is 0. The van der Waals surface area contributed by atoms with Crippen LogP contribution in [0.2, 0.25) is 0 Å². The molecule has 12 heavy (non-hydrogen) atoms. The standard InChI is InChI=1S/C8H10N2S.BrH/c9-8(10)11-6-7-4-2-1-3-5-7;/h1-5H,6H2,(H3,9,10);1H. The van der Waals surface area contributed by atoms with E-state index in [1.807, 2.05) is 30.3 Å². The maximum Gasteiger partial charge on any atom is 1.00 e. The molecule has 0 aliphatic carbocycles. The van der Waals surface area contributed by atoms with Crippen molar-refractivity contribution in [3.63, 3.8) is 0 Å². The van der Waals surface area contributed by atoms with Gasteiger partial charge in [-0.3, -0.25) is 5.41 Å². The van der Waals surface area contributed by atoms with Gasteiger partial charge in [-0.1, -0.05) is 42.1 Å². The molecule has 66 valence electrons. The molecule has 0 unspecified atom stereocenters. The highest BCUT2D eigenvalue weighted by atomic mass is 79.9. The van der Waals surface area contributed by atoms with Gasteiger partial charge in [0.05, 0.1) is 0 Å². The minimum absolute atomic E-state index is 0. The van der Waals surface area contributed by atoms with E-state index in [-0.39, 0.29) is 23.6 Å². The molecule has 0 aliphatic rings. The lowest BCUT2D eigenvalue weighted by Gasteiger charge is -1.97. The first kappa shape index (κ1) is 11.5. The summed E-state index contributed by atoms with van der Waals surface area (Å²) in [4.78, 5) is 0. The lowest BCUT2D eigenvalue weighted by atomic mass is 10.2. The minimum Gasteiger partial charge on any atom is -1.00 e. The third-order valence-corrected chi connectivity index (χ3v) is 2.03. The molecule has 1 rings (SSSR count). The molecule has 0 heterocycles. The molecule has 0 saturated heterocycles. The lowest BCUT2D eigenvalue weighted by Crippen LogP contribution is -3.00. The summed E-state index contributed by atoms with van der Waals surface area (Å²) in [5, 5.41) is 7.16. The quantitative estimate of drug-likeness (QED) is 0.516. The Bertz CT molecular complexity index is 243. The molecule has 0 radical (unpaired) electrons. The van der Waals surface area contributed by atoms with Crippen LogP contribution < -0.4 is 22.7 Å². The summed E-state index contributed by atoms with van der Waals surface area (Å²) in [6.07, 6.45) is 0. The Hall–Kier alpha value is -0.480. The Labute approximate surface area is 88.3 Å². The van der Waals surface area contributed by atoms with Gasteiger partial charge in [-0.05, 0) is 5.56 Å². The number of halogens is 1. The highest BCUT2D eigenvalue weighted by molar-refractivity contribution is 8.13. The number of amidine groups is 1. The summed E-state index contributed by atoms with van der Waals surface area (Å²) in [6.45, 7) is 0. The lowest BCUT2D eigenvalue weighted by molar-refractivity contribution is -0.00000256. The monoisotopic (exact) mass is 246 g/mol. The summed E-state index contributed by atoms with van der Waals surface area (Å²) >= 11 is 1.35. The van der Waals surface area contributed by atoms with Crippen molar-refractivity contribution < 1.29 is 18.4 Å². The van der Waals surface area contributed by atoms with Gasteiger partial charge in [-0.2, -0.15) is 0 Å². The van der Waals surface area contributed by atoms with Gasteiger partial charge >= 0.3 is 1.43 Å². The van der Waals surface area contributed by atoms with E-state index in [0.717, 1.165) is 5.75 Å². The van der Waals surface area contributed by atoms with Crippen LogP contribution >= 0.6 is 11.8 Å². The molecule has 1 aromatic carbocycles. The topological polar surface area (TPSA) is 49.9 Å². The van der Waals surface area contributed by atoms with Crippen molar-refractivity contribution in [1.29, 1.82) is 5.41 Å². The predicted molar refractivity (Wildman–Crippen MR) is 50.8 cm³/mol. The molecule has 0 aromatic heterocycles. The zero-order valence-corrected chi connectivity index (χ0v) is 8.86. The molecule has 2 nitrogen and oxygen atoms in total. The zero-order chi connectivity index (χ0) is 8.10. The van der Waals surface area contributed by atoms with Crippen LogP contribution in [0.1, 0.15) is 6.99 Å². The molecular formula is C8H11BrN2S. The summed E-state index contributed by atoms with van der Waals surface area (Å²) in [6, 6.07) is 9.99. The number of benzene rings is 1. The van der Waals surface area contributed by atoms with Crippen LogP contribution in [0.5, 0.6) is 0 Å². The van der Waals surface area contributed by atoms with E-state index in [1.165, 1.54) is 17.3 Å². The van der Waals surface area contributed by atoms with Crippen molar-refractivity contribution >= 4 is 16.9 Å². The van der Waals surface area contributed by atoms with Gasteiger partial charge in [0.15, 0.2) is 5.17 Å². The van der Waals surface area contributed by atoms with Crippen LogP contribution in [-0.2, 0) is 5.75 Å². The van der Waals surface area contributed by atoms with E-state index in [2.05, 4.69) is 0 Å². The Balaban J connectivity index is 0. The van der Waals surface area contributed by atoms with Crippen LogP contribution in [0, 0.1) is 5.41 Å². The molecule has 0 bridgehead atoms. The molecule has 0 atom stereocenters.